The number of fused-ring (bicyclic) bond motifs is 1. The predicted octanol–water partition coefficient (Wildman–Crippen LogP) is 2.99. The van der Waals surface area contributed by atoms with Gasteiger partial charge in [0, 0.05) is 11.6 Å². The summed E-state index contributed by atoms with van der Waals surface area (Å²) in [4.78, 5) is 0. The molecule has 0 saturated carbocycles. The second-order valence-corrected chi connectivity index (χ2v) is 12.1. The van der Waals surface area contributed by atoms with Crippen LogP contribution in [0.5, 0.6) is 0 Å². The van der Waals surface area contributed by atoms with Gasteiger partial charge in [0.25, 0.3) is 0 Å². The van der Waals surface area contributed by atoms with Crippen LogP contribution in [0.4, 0.5) is 0 Å². The van der Waals surface area contributed by atoms with Crippen molar-refractivity contribution in [2.24, 2.45) is 0 Å². The Bertz CT molecular complexity index is 859. The van der Waals surface area contributed by atoms with E-state index in [2.05, 4.69) is 30.0 Å². The SMILES string of the molecule is C[Si](C)(C)c1cn(-c2cc(C3OCCCO3)c3occc3c2)nn1. The number of hydrogen-bond acceptors (Lipinski definition) is 5. The van der Waals surface area contributed by atoms with E-state index < -0.39 is 14.4 Å². The minimum absolute atomic E-state index is 0.396. The summed E-state index contributed by atoms with van der Waals surface area (Å²) in [7, 11) is -1.49. The molecule has 1 aromatic carbocycles. The molecule has 0 spiro atoms. The lowest BCUT2D eigenvalue weighted by Crippen LogP contribution is -2.38. The summed E-state index contributed by atoms with van der Waals surface area (Å²) in [6.45, 7) is 8.17. The number of rotatable bonds is 3. The van der Waals surface area contributed by atoms with Crippen molar-refractivity contribution in [2.75, 3.05) is 13.2 Å². The Morgan fingerprint density at radius 3 is 2.67 bits per heavy atom. The molecule has 2 aromatic heterocycles. The highest BCUT2D eigenvalue weighted by molar-refractivity contribution is 6.88. The largest absolute Gasteiger partial charge is 0.464 e. The molecule has 126 valence electrons. The average Bonchev–Trinajstić information content (AvgIpc) is 3.23. The van der Waals surface area contributed by atoms with Crippen molar-refractivity contribution < 1.29 is 13.9 Å². The molecule has 4 rings (SSSR count). The highest BCUT2D eigenvalue weighted by atomic mass is 28.3. The van der Waals surface area contributed by atoms with E-state index in [-0.39, 0.29) is 0 Å². The molecule has 1 aliphatic rings. The zero-order valence-electron chi connectivity index (χ0n) is 14.2. The molecular weight excluding hydrogens is 322 g/mol. The highest BCUT2D eigenvalue weighted by Gasteiger charge is 2.24. The van der Waals surface area contributed by atoms with E-state index in [0.717, 1.165) is 34.0 Å². The van der Waals surface area contributed by atoms with Gasteiger partial charge in [-0.05, 0) is 24.6 Å². The number of benzene rings is 1. The van der Waals surface area contributed by atoms with Gasteiger partial charge >= 0.3 is 0 Å². The van der Waals surface area contributed by atoms with Crippen LogP contribution in [0.15, 0.2) is 35.1 Å². The van der Waals surface area contributed by atoms with E-state index in [4.69, 9.17) is 13.9 Å². The Kier molecular flexibility index (Phi) is 3.78. The molecular formula is C17H21N3O3Si. The van der Waals surface area contributed by atoms with E-state index in [1.807, 2.05) is 29.1 Å². The van der Waals surface area contributed by atoms with E-state index in [9.17, 15) is 0 Å². The van der Waals surface area contributed by atoms with Gasteiger partial charge in [-0.3, -0.25) is 0 Å². The van der Waals surface area contributed by atoms with Crippen LogP contribution in [0.25, 0.3) is 16.7 Å². The fourth-order valence-corrected chi connectivity index (χ4v) is 3.66. The maximum absolute atomic E-state index is 5.77. The van der Waals surface area contributed by atoms with Crippen LogP contribution in [0.1, 0.15) is 18.3 Å². The van der Waals surface area contributed by atoms with Gasteiger partial charge in [-0.15, -0.1) is 5.10 Å². The maximum Gasteiger partial charge on any atom is 0.187 e. The standard InChI is InChI=1S/C17H21N3O3Si/c1-24(2,3)15-11-20(19-18-15)13-9-12-5-8-21-16(12)14(10-13)17-22-6-4-7-23-17/h5,8-11,17H,4,6-7H2,1-3H3. The maximum atomic E-state index is 5.77. The van der Waals surface area contributed by atoms with E-state index in [1.54, 1.807) is 6.26 Å². The van der Waals surface area contributed by atoms with Crippen molar-refractivity contribution in [3.63, 3.8) is 0 Å². The lowest BCUT2D eigenvalue weighted by atomic mass is 10.1. The predicted molar refractivity (Wildman–Crippen MR) is 93.4 cm³/mol. The zero-order valence-corrected chi connectivity index (χ0v) is 15.2. The molecule has 0 N–H and O–H groups in total. The summed E-state index contributed by atoms with van der Waals surface area (Å²) >= 11 is 0. The van der Waals surface area contributed by atoms with Gasteiger partial charge in [0.1, 0.15) is 13.7 Å². The van der Waals surface area contributed by atoms with Crippen LogP contribution < -0.4 is 5.32 Å². The first-order valence-electron chi connectivity index (χ1n) is 8.20. The van der Waals surface area contributed by atoms with Gasteiger partial charge in [-0.2, -0.15) is 0 Å². The molecule has 1 saturated heterocycles. The molecule has 1 aliphatic heterocycles. The fourth-order valence-electron chi connectivity index (χ4n) is 2.80. The van der Waals surface area contributed by atoms with E-state index in [1.165, 1.54) is 0 Å². The van der Waals surface area contributed by atoms with Crippen LogP contribution in [0.3, 0.4) is 0 Å². The first-order valence-corrected chi connectivity index (χ1v) is 11.7. The lowest BCUT2D eigenvalue weighted by Gasteiger charge is -2.23. The van der Waals surface area contributed by atoms with Gasteiger partial charge in [0.2, 0.25) is 0 Å². The van der Waals surface area contributed by atoms with Crippen molar-refractivity contribution in [3.05, 3.63) is 36.2 Å². The molecule has 7 heteroatoms. The van der Waals surface area contributed by atoms with Gasteiger partial charge in [0.15, 0.2) is 6.29 Å². The van der Waals surface area contributed by atoms with Crippen LogP contribution >= 0.6 is 0 Å². The molecule has 0 bridgehead atoms. The molecule has 1 fully saturated rings. The molecule has 0 amide bonds. The lowest BCUT2D eigenvalue weighted by molar-refractivity contribution is -0.182. The van der Waals surface area contributed by atoms with Crippen molar-refractivity contribution >= 4 is 24.4 Å². The van der Waals surface area contributed by atoms with E-state index in [0.29, 0.717) is 13.2 Å². The summed E-state index contributed by atoms with van der Waals surface area (Å²) in [5.41, 5.74) is 2.64. The highest BCUT2D eigenvalue weighted by Crippen LogP contribution is 2.32. The number of nitrogens with zero attached hydrogens (tertiary/aromatic N) is 3. The Balaban J connectivity index is 1.80. The third kappa shape index (κ3) is 2.79. The zero-order chi connectivity index (χ0) is 16.7. The summed E-state index contributed by atoms with van der Waals surface area (Å²) in [5, 5.41) is 10.8. The summed E-state index contributed by atoms with van der Waals surface area (Å²) in [5.74, 6) is 0. The van der Waals surface area contributed by atoms with Gasteiger partial charge in [0.05, 0.1) is 36.0 Å². The summed E-state index contributed by atoms with van der Waals surface area (Å²) in [6.07, 6.45) is 4.24. The molecule has 24 heavy (non-hydrogen) atoms. The smallest absolute Gasteiger partial charge is 0.187 e. The second kappa shape index (κ2) is 5.84. The first kappa shape index (κ1) is 15.6. The second-order valence-electron chi connectivity index (χ2n) is 7.10. The average molecular weight is 343 g/mol. The van der Waals surface area contributed by atoms with Crippen LogP contribution in [0, 0.1) is 0 Å². The van der Waals surface area contributed by atoms with Crippen molar-refractivity contribution in [2.45, 2.75) is 32.4 Å². The monoisotopic (exact) mass is 343 g/mol. The quantitative estimate of drug-likeness (QED) is 0.684. The minimum atomic E-state index is -1.49. The first-order chi connectivity index (χ1) is 11.5. The molecule has 0 aliphatic carbocycles. The van der Waals surface area contributed by atoms with Crippen molar-refractivity contribution in [1.29, 1.82) is 0 Å². The molecule has 6 nitrogen and oxygen atoms in total. The number of hydrogen-bond donors (Lipinski definition) is 0. The normalized spacial score (nSPS) is 16.8. The van der Waals surface area contributed by atoms with Crippen LogP contribution in [0.2, 0.25) is 19.6 Å². The Labute approximate surface area is 141 Å². The Hall–Kier alpha value is -1.96. The Morgan fingerprint density at radius 2 is 1.96 bits per heavy atom. The summed E-state index contributed by atoms with van der Waals surface area (Å²) in [6, 6.07) is 6.01. The van der Waals surface area contributed by atoms with Crippen LogP contribution in [-0.2, 0) is 9.47 Å². The third-order valence-corrected chi connectivity index (χ3v) is 5.94. The molecule has 0 radical (unpaired) electrons. The van der Waals surface area contributed by atoms with Crippen molar-refractivity contribution in [1.82, 2.24) is 15.0 Å². The van der Waals surface area contributed by atoms with E-state index >= 15 is 0 Å². The number of ether oxygens (including phenoxy) is 2. The number of aromatic nitrogens is 3. The van der Waals surface area contributed by atoms with Crippen molar-refractivity contribution in [3.8, 4) is 5.69 Å². The molecule has 0 atom stereocenters. The minimum Gasteiger partial charge on any atom is -0.464 e. The third-order valence-electron chi connectivity index (χ3n) is 4.17. The summed E-state index contributed by atoms with van der Waals surface area (Å²) < 4.78 is 19.0. The molecule has 0 unspecified atom stereocenters. The molecule has 3 heterocycles. The van der Waals surface area contributed by atoms with Gasteiger partial charge in [-0.25, -0.2) is 4.68 Å². The van der Waals surface area contributed by atoms with Gasteiger partial charge in [-0.1, -0.05) is 24.9 Å². The number of furan rings is 1. The molecule has 3 aromatic rings. The van der Waals surface area contributed by atoms with Gasteiger partial charge < -0.3 is 13.9 Å². The fraction of sp³-hybridized carbons (Fsp3) is 0.412. The Morgan fingerprint density at radius 1 is 1.17 bits per heavy atom. The van der Waals surface area contributed by atoms with Crippen LogP contribution in [-0.4, -0.2) is 36.3 Å². The topological polar surface area (TPSA) is 62.3 Å².